The standard InChI is InChI=1S/C17H15ClFN3OS/c1-11-10-20-17(24-11)22(15-4-2-3-12(18)9-15)16(23)21-14-7-5-13(19)6-8-14/h2-9,11H,10H2,1H3,(H,21,23)/t11-/m1/s1. The van der Waals surface area contributed by atoms with Crippen molar-refractivity contribution in [1.29, 1.82) is 0 Å². The fourth-order valence-electron chi connectivity index (χ4n) is 2.23. The number of halogens is 2. The SMILES string of the molecule is C[C@@H]1CN=C(N(C(=O)Nc2ccc(F)cc2)c2cccc(Cl)c2)S1. The molecule has 2 aromatic carbocycles. The first-order valence-corrected chi connectivity index (χ1v) is 8.62. The van der Waals surface area contributed by atoms with Crippen LogP contribution in [-0.4, -0.2) is 23.0 Å². The van der Waals surface area contributed by atoms with Gasteiger partial charge in [-0.2, -0.15) is 0 Å². The van der Waals surface area contributed by atoms with Gasteiger partial charge in [0.25, 0.3) is 0 Å². The number of thioether (sulfide) groups is 1. The first-order valence-electron chi connectivity index (χ1n) is 7.36. The Morgan fingerprint density at radius 1 is 1.33 bits per heavy atom. The van der Waals surface area contributed by atoms with Crippen LogP contribution in [0.4, 0.5) is 20.6 Å². The van der Waals surface area contributed by atoms with E-state index in [1.165, 1.54) is 40.9 Å². The van der Waals surface area contributed by atoms with Crippen LogP contribution in [0.2, 0.25) is 5.02 Å². The predicted octanol–water partition coefficient (Wildman–Crippen LogP) is 5.01. The molecule has 0 saturated heterocycles. The maximum atomic E-state index is 13.0. The molecule has 0 aliphatic carbocycles. The summed E-state index contributed by atoms with van der Waals surface area (Å²) in [6, 6.07) is 12.3. The molecular formula is C17H15ClFN3OS. The zero-order chi connectivity index (χ0) is 17.1. The summed E-state index contributed by atoms with van der Waals surface area (Å²) < 4.78 is 13.0. The van der Waals surface area contributed by atoms with Crippen LogP contribution in [0, 0.1) is 5.82 Å². The van der Waals surface area contributed by atoms with Gasteiger partial charge in [-0.25, -0.2) is 14.1 Å². The minimum atomic E-state index is -0.371. The predicted molar refractivity (Wildman–Crippen MR) is 98.7 cm³/mol. The Hall–Kier alpha value is -2.05. The van der Waals surface area contributed by atoms with Crippen LogP contribution >= 0.6 is 23.4 Å². The molecule has 3 rings (SSSR count). The van der Waals surface area contributed by atoms with Crippen molar-refractivity contribution in [1.82, 2.24) is 0 Å². The lowest BCUT2D eigenvalue weighted by atomic mass is 10.3. The molecule has 124 valence electrons. The van der Waals surface area contributed by atoms with Crippen molar-refractivity contribution in [3.8, 4) is 0 Å². The molecule has 0 spiro atoms. The highest BCUT2D eigenvalue weighted by atomic mass is 35.5. The molecule has 1 N–H and O–H groups in total. The summed E-state index contributed by atoms with van der Waals surface area (Å²) in [5.74, 6) is -0.357. The maximum absolute atomic E-state index is 13.0. The summed E-state index contributed by atoms with van der Waals surface area (Å²) >= 11 is 7.59. The average Bonchev–Trinajstić information content (AvgIpc) is 2.96. The van der Waals surface area contributed by atoms with Gasteiger partial charge in [-0.1, -0.05) is 36.4 Å². The molecule has 0 aromatic heterocycles. The van der Waals surface area contributed by atoms with Gasteiger partial charge >= 0.3 is 6.03 Å². The highest BCUT2D eigenvalue weighted by molar-refractivity contribution is 8.15. The molecule has 0 radical (unpaired) electrons. The van der Waals surface area contributed by atoms with Gasteiger partial charge in [0, 0.05) is 16.0 Å². The average molecular weight is 364 g/mol. The zero-order valence-electron chi connectivity index (χ0n) is 12.9. The fraction of sp³-hybridized carbons (Fsp3) is 0.176. The highest BCUT2D eigenvalue weighted by Gasteiger charge is 2.27. The van der Waals surface area contributed by atoms with E-state index in [4.69, 9.17) is 11.6 Å². The number of carbonyl (C=O) groups excluding carboxylic acids is 1. The van der Waals surface area contributed by atoms with E-state index in [0.717, 1.165) is 0 Å². The second kappa shape index (κ2) is 7.23. The van der Waals surface area contributed by atoms with Crippen LogP contribution in [0.5, 0.6) is 0 Å². The Morgan fingerprint density at radius 3 is 2.71 bits per heavy atom. The van der Waals surface area contributed by atoms with Gasteiger partial charge in [-0.3, -0.25) is 4.99 Å². The number of amides is 2. The van der Waals surface area contributed by atoms with Crippen LogP contribution < -0.4 is 10.2 Å². The number of amidine groups is 1. The molecule has 2 amide bonds. The van der Waals surface area contributed by atoms with E-state index < -0.39 is 0 Å². The lowest BCUT2D eigenvalue weighted by Crippen LogP contribution is -2.38. The van der Waals surface area contributed by atoms with Gasteiger partial charge in [0.15, 0.2) is 5.17 Å². The van der Waals surface area contributed by atoms with Crippen molar-refractivity contribution >= 4 is 45.9 Å². The van der Waals surface area contributed by atoms with Crippen LogP contribution in [0.15, 0.2) is 53.5 Å². The van der Waals surface area contributed by atoms with Crippen molar-refractivity contribution in [3.05, 3.63) is 59.4 Å². The molecule has 1 heterocycles. The van der Waals surface area contributed by atoms with Gasteiger partial charge in [-0.15, -0.1) is 0 Å². The third-order valence-corrected chi connectivity index (χ3v) is 4.66. The Bertz CT molecular complexity index is 782. The van der Waals surface area contributed by atoms with Gasteiger partial charge < -0.3 is 5.32 Å². The topological polar surface area (TPSA) is 44.7 Å². The van der Waals surface area contributed by atoms with E-state index in [2.05, 4.69) is 17.2 Å². The Morgan fingerprint density at radius 2 is 2.08 bits per heavy atom. The first kappa shape index (κ1) is 16.8. The van der Waals surface area contributed by atoms with Gasteiger partial charge in [0.05, 0.1) is 12.2 Å². The number of nitrogens with zero attached hydrogens (tertiary/aromatic N) is 2. The van der Waals surface area contributed by atoms with Crippen molar-refractivity contribution < 1.29 is 9.18 Å². The molecule has 1 aliphatic heterocycles. The summed E-state index contributed by atoms with van der Waals surface area (Å²) in [5, 5.41) is 4.21. The number of hydrogen-bond donors (Lipinski definition) is 1. The molecule has 0 fully saturated rings. The number of carbonyl (C=O) groups is 1. The smallest absolute Gasteiger partial charge is 0.307 e. The van der Waals surface area contributed by atoms with E-state index in [1.54, 1.807) is 24.3 Å². The van der Waals surface area contributed by atoms with E-state index in [0.29, 0.717) is 33.4 Å². The first-order chi connectivity index (χ1) is 11.5. The number of benzene rings is 2. The van der Waals surface area contributed by atoms with Gasteiger partial charge in [-0.05, 0) is 42.5 Å². The number of urea groups is 1. The van der Waals surface area contributed by atoms with Crippen molar-refractivity contribution in [2.75, 3.05) is 16.8 Å². The summed E-state index contributed by atoms with van der Waals surface area (Å²) in [4.78, 5) is 18.7. The minimum Gasteiger partial charge on any atom is -0.307 e. The maximum Gasteiger partial charge on any atom is 0.332 e. The molecular weight excluding hydrogens is 349 g/mol. The van der Waals surface area contributed by atoms with Gasteiger partial charge in [0.2, 0.25) is 0 Å². The largest absolute Gasteiger partial charge is 0.332 e. The van der Waals surface area contributed by atoms with Crippen LogP contribution in [0.25, 0.3) is 0 Å². The summed E-state index contributed by atoms with van der Waals surface area (Å²) in [6.45, 7) is 2.70. The van der Waals surface area contributed by atoms with Crippen LogP contribution in [0.3, 0.4) is 0 Å². The molecule has 1 aliphatic rings. The summed E-state index contributed by atoms with van der Waals surface area (Å²) in [7, 11) is 0. The van der Waals surface area contributed by atoms with E-state index in [-0.39, 0.29) is 11.8 Å². The monoisotopic (exact) mass is 363 g/mol. The van der Waals surface area contributed by atoms with Crippen molar-refractivity contribution in [2.45, 2.75) is 12.2 Å². The number of anilines is 2. The Kier molecular flexibility index (Phi) is 5.06. The van der Waals surface area contributed by atoms with Crippen LogP contribution in [0.1, 0.15) is 6.92 Å². The number of nitrogens with one attached hydrogen (secondary N) is 1. The highest BCUT2D eigenvalue weighted by Crippen LogP contribution is 2.29. The second-order valence-corrected chi connectivity index (χ2v) is 7.15. The molecule has 0 bridgehead atoms. The third-order valence-electron chi connectivity index (χ3n) is 3.35. The quantitative estimate of drug-likeness (QED) is 0.815. The second-order valence-electron chi connectivity index (χ2n) is 5.30. The van der Waals surface area contributed by atoms with E-state index in [9.17, 15) is 9.18 Å². The third kappa shape index (κ3) is 3.88. The summed E-state index contributed by atoms with van der Waals surface area (Å²) in [5.41, 5.74) is 1.13. The van der Waals surface area contributed by atoms with Crippen molar-refractivity contribution in [2.24, 2.45) is 4.99 Å². The minimum absolute atomic E-state index is 0.306. The van der Waals surface area contributed by atoms with E-state index >= 15 is 0 Å². The number of rotatable bonds is 2. The van der Waals surface area contributed by atoms with Gasteiger partial charge in [0.1, 0.15) is 5.82 Å². The number of hydrogen-bond acceptors (Lipinski definition) is 3. The molecule has 0 unspecified atom stereocenters. The van der Waals surface area contributed by atoms with Crippen molar-refractivity contribution in [3.63, 3.8) is 0 Å². The Balaban J connectivity index is 1.89. The molecule has 1 atom stereocenters. The lowest BCUT2D eigenvalue weighted by molar-refractivity contribution is 0.259. The van der Waals surface area contributed by atoms with Crippen LogP contribution in [-0.2, 0) is 0 Å². The molecule has 2 aromatic rings. The molecule has 24 heavy (non-hydrogen) atoms. The lowest BCUT2D eigenvalue weighted by Gasteiger charge is -2.23. The molecule has 7 heteroatoms. The fourth-order valence-corrected chi connectivity index (χ4v) is 3.36. The zero-order valence-corrected chi connectivity index (χ0v) is 14.4. The van der Waals surface area contributed by atoms with E-state index in [1.807, 2.05) is 0 Å². The molecule has 0 saturated carbocycles. The number of aliphatic imine (C=N–C) groups is 1. The Labute approximate surface area is 148 Å². The summed E-state index contributed by atoms with van der Waals surface area (Å²) in [6.07, 6.45) is 0. The normalized spacial score (nSPS) is 16.6. The molecule has 4 nitrogen and oxygen atoms in total.